The Labute approximate surface area is 142 Å². The number of nitrogens with zero attached hydrogens (tertiary/aromatic N) is 4. The minimum atomic E-state index is 0.632. The highest BCUT2D eigenvalue weighted by Gasteiger charge is 2.09. The summed E-state index contributed by atoms with van der Waals surface area (Å²) in [7, 11) is 0. The second kappa shape index (κ2) is 8.56. The number of hydrogen-bond donors (Lipinski definition) is 2. The first-order chi connectivity index (χ1) is 11.8. The van der Waals surface area contributed by atoms with E-state index in [2.05, 4.69) is 30.5 Å². The predicted molar refractivity (Wildman–Crippen MR) is 94.1 cm³/mol. The summed E-state index contributed by atoms with van der Waals surface area (Å²) in [6.45, 7) is 8.15. The zero-order chi connectivity index (χ0) is 16.6. The minimum Gasteiger partial charge on any atom is -0.379 e. The summed E-state index contributed by atoms with van der Waals surface area (Å²) >= 11 is 0. The zero-order valence-electron chi connectivity index (χ0n) is 14.0. The van der Waals surface area contributed by atoms with Gasteiger partial charge >= 0.3 is 0 Å². The van der Waals surface area contributed by atoms with Crippen molar-refractivity contribution in [2.24, 2.45) is 0 Å². The molecular weight excluding hydrogens is 304 g/mol. The third kappa shape index (κ3) is 5.14. The number of morpholine rings is 1. The SMILES string of the molecule is Cc1cc(NCCN2CCOCC2)nc(NCc2cccnc2)n1. The Bertz CT molecular complexity index is 630. The van der Waals surface area contributed by atoms with Crippen molar-refractivity contribution in [1.82, 2.24) is 19.9 Å². The molecule has 0 aromatic carbocycles. The van der Waals surface area contributed by atoms with Crippen molar-refractivity contribution in [3.8, 4) is 0 Å². The van der Waals surface area contributed by atoms with Crippen molar-refractivity contribution < 1.29 is 4.74 Å². The molecule has 0 aliphatic carbocycles. The molecule has 0 saturated carbocycles. The van der Waals surface area contributed by atoms with Crippen molar-refractivity contribution in [2.45, 2.75) is 13.5 Å². The lowest BCUT2D eigenvalue weighted by Crippen LogP contribution is -2.39. The van der Waals surface area contributed by atoms with Crippen LogP contribution in [0.1, 0.15) is 11.3 Å². The Balaban J connectivity index is 1.51. The van der Waals surface area contributed by atoms with Crippen LogP contribution in [0.25, 0.3) is 0 Å². The second-order valence-corrected chi connectivity index (χ2v) is 5.81. The molecule has 2 aromatic rings. The Morgan fingerprint density at radius 2 is 2.08 bits per heavy atom. The molecule has 2 N–H and O–H groups in total. The predicted octanol–water partition coefficient (Wildman–Crippen LogP) is 1.54. The molecule has 3 heterocycles. The smallest absolute Gasteiger partial charge is 0.225 e. The van der Waals surface area contributed by atoms with Crippen LogP contribution in [0.15, 0.2) is 30.6 Å². The van der Waals surface area contributed by atoms with E-state index in [4.69, 9.17) is 4.74 Å². The lowest BCUT2D eigenvalue weighted by atomic mass is 10.3. The van der Waals surface area contributed by atoms with Gasteiger partial charge in [-0.05, 0) is 18.6 Å². The first-order valence-corrected chi connectivity index (χ1v) is 8.32. The van der Waals surface area contributed by atoms with Crippen molar-refractivity contribution in [3.63, 3.8) is 0 Å². The van der Waals surface area contributed by atoms with Crippen LogP contribution in [0, 0.1) is 6.92 Å². The highest BCUT2D eigenvalue weighted by molar-refractivity contribution is 5.42. The highest BCUT2D eigenvalue weighted by Crippen LogP contribution is 2.10. The average Bonchev–Trinajstić information content (AvgIpc) is 2.61. The van der Waals surface area contributed by atoms with E-state index in [1.54, 1.807) is 6.20 Å². The normalized spacial score (nSPS) is 15.2. The molecule has 1 fully saturated rings. The van der Waals surface area contributed by atoms with E-state index in [0.717, 1.165) is 56.5 Å². The van der Waals surface area contributed by atoms with Gasteiger partial charge in [0.25, 0.3) is 0 Å². The van der Waals surface area contributed by atoms with Crippen molar-refractivity contribution in [2.75, 3.05) is 50.0 Å². The van der Waals surface area contributed by atoms with Gasteiger partial charge in [0, 0.05) is 56.9 Å². The molecule has 0 atom stereocenters. The maximum Gasteiger partial charge on any atom is 0.225 e. The van der Waals surface area contributed by atoms with Crippen molar-refractivity contribution >= 4 is 11.8 Å². The van der Waals surface area contributed by atoms with Crippen LogP contribution in [0.4, 0.5) is 11.8 Å². The number of rotatable bonds is 7. The lowest BCUT2D eigenvalue weighted by Gasteiger charge is -2.26. The fourth-order valence-corrected chi connectivity index (χ4v) is 2.59. The van der Waals surface area contributed by atoms with Crippen LogP contribution < -0.4 is 10.6 Å². The van der Waals surface area contributed by atoms with E-state index >= 15 is 0 Å². The first kappa shape index (κ1) is 16.6. The topological polar surface area (TPSA) is 75.2 Å². The molecule has 1 aliphatic heterocycles. The van der Waals surface area contributed by atoms with Crippen molar-refractivity contribution in [3.05, 3.63) is 41.9 Å². The molecule has 1 saturated heterocycles. The molecule has 7 heteroatoms. The molecule has 0 unspecified atom stereocenters. The molecule has 24 heavy (non-hydrogen) atoms. The summed E-state index contributed by atoms with van der Waals surface area (Å²) in [5.41, 5.74) is 2.04. The van der Waals surface area contributed by atoms with E-state index in [1.807, 2.05) is 31.3 Å². The van der Waals surface area contributed by atoms with Gasteiger partial charge in [-0.2, -0.15) is 4.98 Å². The molecule has 3 rings (SSSR count). The number of ether oxygens (including phenoxy) is 1. The summed E-state index contributed by atoms with van der Waals surface area (Å²) in [5.74, 6) is 1.48. The summed E-state index contributed by atoms with van der Waals surface area (Å²) in [6.07, 6.45) is 3.60. The Morgan fingerprint density at radius 3 is 2.88 bits per heavy atom. The summed E-state index contributed by atoms with van der Waals surface area (Å²) < 4.78 is 5.36. The Hall–Kier alpha value is -2.25. The van der Waals surface area contributed by atoms with Gasteiger partial charge < -0.3 is 15.4 Å². The molecule has 0 spiro atoms. The van der Waals surface area contributed by atoms with Gasteiger partial charge in [-0.25, -0.2) is 4.98 Å². The fourth-order valence-electron chi connectivity index (χ4n) is 2.59. The molecule has 1 aliphatic rings. The zero-order valence-corrected chi connectivity index (χ0v) is 14.0. The van der Waals surface area contributed by atoms with Crippen LogP contribution in [0.3, 0.4) is 0 Å². The Kier molecular flexibility index (Phi) is 5.92. The van der Waals surface area contributed by atoms with Gasteiger partial charge in [0.1, 0.15) is 5.82 Å². The van der Waals surface area contributed by atoms with Gasteiger partial charge in [-0.1, -0.05) is 6.07 Å². The molecule has 0 radical (unpaired) electrons. The summed E-state index contributed by atoms with van der Waals surface area (Å²) in [5, 5.41) is 6.64. The first-order valence-electron chi connectivity index (χ1n) is 8.32. The van der Waals surface area contributed by atoms with Gasteiger partial charge in [-0.15, -0.1) is 0 Å². The summed E-state index contributed by atoms with van der Waals surface area (Å²) in [4.78, 5) is 15.5. The lowest BCUT2D eigenvalue weighted by molar-refractivity contribution is 0.0398. The van der Waals surface area contributed by atoms with E-state index in [0.29, 0.717) is 12.5 Å². The second-order valence-electron chi connectivity index (χ2n) is 5.81. The molecule has 7 nitrogen and oxygen atoms in total. The molecular formula is C17H24N6O. The van der Waals surface area contributed by atoms with Gasteiger partial charge in [-0.3, -0.25) is 9.88 Å². The number of anilines is 2. The number of pyridine rings is 1. The highest BCUT2D eigenvalue weighted by atomic mass is 16.5. The van der Waals surface area contributed by atoms with Crippen LogP contribution in [-0.4, -0.2) is 59.2 Å². The number of aryl methyl sites for hydroxylation is 1. The average molecular weight is 328 g/mol. The molecule has 2 aromatic heterocycles. The van der Waals surface area contributed by atoms with Gasteiger partial charge in [0.05, 0.1) is 13.2 Å². The maximum absolute atomic E-state index is 5.36. The van der Waals surface area contributed by atoms with E-state index in [9.17, 15) is 0 Å². The standard InChI is InChI=1S/C17H24N6O/c1-14-11-16(19-5-6-23-7-9-24-10-8-23)22-17(21-14)20-13-15-3-2-4-18-12-15/h2-4,11-12H,5-10,13H2,1H3,(H2,19,20,21,22). The third-order valence-electron chi connectivity index (χ3n) is 3.87. The largest absolute Gasteiger partial charge is 0.379 e. The van der Waals surface area contributed by atoms with E-state index in [-0.39, 0.29) is 0 Å². The minimum absolute atomic E-state index is 0.632. The van der Waals surface area contributed by atoms with E-state index < -0.39 is 0 Å². The molecule has 0 bridgehead atoms. The maximum atomic E-state index is 5.36. The molecule has 0 amide bonds. The van der Waals surface area contributed by atoms with Crippen LogP contribution in [-0.2, 0) is 11.3 Å². The quantitative estimate of drug-likeness (QED) is 0.798. The van der Waals surface area contributed by atoms with E-state index in [1.165, 1.54) is 0 Å². The number of hydrogen-bond acceptors (Lipinski definition) is 7. The van der Waals surface area contributed by atoms with Crippen LogP contribution in [0.2, 0.25) is 0 Å². The fraction of sp³-hybridized carbons (Fsp3) is 0.471. The van der Waals surface area contributed by atoms with Gasteiger partial charge in [0.2, 0.25) is 5.95 Å². The number of nitrogens with one attached hydrogen (secondary N) is 2. The Morgan fingerprint density at radius 1 is 1.21 bits per heavy atom. The molecule has 128 valence electrons. The van der Waals surface area contributed by atoms with Gasteiger partial charge in [0.15, 0.2) is 0 Å². The van der Waals surface area contributed by atoms with Crippen molar-refractivity contribution in [1.29, 1.82) is 0 Å². The number of aromatic nitrogens is 3. The monoisotopic (exact) mass is 328 g/mol. The third-order valence-corrected chi connectivity index (χ3v) is 3.87. The summed E-state index contributed by atoms with van der Waals surface area (Å²) in [6, 6.07) is 5.92. The van der Waals surface area contributed by atoms with Crippen LogP contribution >= 0.6 is 0 Å². The van der Waals surface area contributed by atoms with Crippen LogP contribution in [0.5, 0.6) is 0 Å².